The second-order valence-corrected chi connectivity index (χ2v) is 6.87. The number of rotatable bonds is 3. The highest BCUT2D eigenvalue weighted by Gasteiger charge is 2.31. The highest BCUT2D eigenvalue weighted by molar-refractivity contribution is 7.91. The van der Waals surface area contributed by atoms with E-state index >= 15 is 0 Å². The van der Waals surface area contributed by atoms with Gasteiger partial charge in [0, 0.05) is 20.2 Å². The van der Waals surface area contributed by atoms with Crippen molar-refractivity contribution in [3.05, 3.63) is 0 Å². The van der Waals surface area contributed by atoms with Crippen LogP contribution in [0.2, 0.25) is 0 Å². The number of nitrogen functional groups attached to an aromatic ring is 1. The van der Waals surface area contributed by atoms with Gasteiger partial charge >= 0.3 is 0 Å². The molecule has 1 aliphatic heterocycles. The lowest BCUT2D eigenvalue weighted by Crippen LogP contribution is -2.40. The Bertz CT molecular complexity index is 479. The minimum atomic E-state index is -3.53. The average Bonchev–Trinajstić information content (AvgIpc) is 2.77. The Morgan fingerprint density at radius 2 is 2.06 bits per heavy atom. The first-order valence-electron chi connectivity index (χ1n) is 5.16. The third-order valence-corrected chi connectivity index (χ3v) is 5.71. The fourth-order valence-electron chi connectivity index (χ4n) is 1.74. The van der Waals surface area contributed by atoms with Crippen molar-refractivity contribution in [1.29, 1.82) is 0 Å². The lowest BCUT2D eigenvalue weighted by atomic mass is 10.1. The molecule has 7 nitrogen and oxygen atoms in total. The lowest BCUT2D eigenvalue weighted by Gasteiger charge is -2.29. The van der Waals surface area contributed by atoms with Crippen LogP contribution in [-0.4, -0.2) is 49.2 Å². The molecule has 0 spiro atoms. The predicted octanol–water partition coefficient (Wildman–Crippen LogP) is -0.0802. The zero-order chi connectivity index (χ0) is 12.5. The number of nitrogens with two attached hydrogens (primary N) is 1. The molecule has 17 heavy (non-hydrogen) atoms. The van der Waals surface area contributed by atoms with Gasteiger partial charge in [-0.1, -0.05) is 11.3 Å². The van der Waals surface area contributed by atoms with Gasteiger partial charge in [0.05, 0.1) is 6.10 Å². The molecule has 2 N–H and O–H groups in total. The van der Waals surface area contributed by atoms with E-state index in [9.17, 15) is 8.42 Å². The van der Waals surface area contributed by atoms with Crippen LogP contribution in [0.3, 0.4) is 0 Å². The highest BCUT2D eigenvalue weighted by Crippen LogP contribution is 2.24. The lowest BCUT2D eigenvalue weighted by molar-refractivity contribution is 0.0604. The Morgan fingerprint density at radius 1 is 1.41 bits per heavy atom. The maximum absolute atomic E-state index is 12.1. The Labute approximate surface area is 104 Å². The SMILES string of the molecule is COC1CCN(S(=O)(=O)c2nnc(N)s2)CC1. The third-order valence-electron chi connectivity index (χ3n) is 2.72. The maximum Gasteiger partial charge on any atom is 0.272 e. The summed E-state index contributed by atoms with van der Waals surface area (Å²) >= 11 is 0.890. The molecule has 96 valence electrons. The van der Waals surface area contributed by atoms with Gasteiger partial charge in [-0.2, -0.15) is 4.31 Å². The van der Waals surface area contributed by atoms with Gasteiger partial charge in [0.1, 0.15) is 0 Å². The summed E-state index contributed by atoms with van der Waals surface area (Å²) in [5.74, 6) is 0. The molecular formula is C8H14N4O3S2. The summed E-state index contributed by atoms with van der Waals surface area (Å²) in [5.41, 5.74) is 5.39. The van der Waals surface area contributed by atoms with Gasteiger partial charge in [0.2, 0.25) is 9.47 Å². The van der Waals surface area contributed by atoms with E-state index in [2.05, 4.69) is 10.2 Å². The van der Waals surface area contributed by atoms with Crippen molar-refractivity contribution in [2.24, 2.45) is 0 Å². The average molecular weight is 278 g/mol. The van der Waals surface area contributed by atoms with E-state index in [1.54, 1.807) is 7.11 Å². The number of hydrogen-bond acceptors (Lipinski definition) is 7. The van der Waals surface area contributed by atoms with Crippen LogP contribution in [0.5, 0.6) is 0 Å². The molecule has 0 atom stereocenters. The van der Waals surface area contributed by atoms with Crippen molar-refractivity contribution in [3.63, 3.8) is 0 Å². The Morgan fingerprint density at radius 3 is 2.53 bits per heavy atom. The molecule has 1 fully saturated rings. The minimum Gasteiger partial charge on any atom is -0.381 e. The van der Waals surface area contributed by atoms with E-state index in [-0.39, 0.29) is 15.6 Å². The van der Waals surface area contributed by atoms with Gasteiger partial charge in [-0.3, -0.25) is 0 Å². The summed E-state index contributed by atoms with van der Waals surface area (Å²) in [4.78, 5) is 0. The minimum absolute atomic E-state index is 0.0362. The van der Waals surface area contributed by atoms with Crippen LogP contribution in [0.25, 0.3) is 0 Å². The smallest absolute Gasteiger partial charge is 0.272 e. The van der Waals surface area contributed by atoms with Crippen LogP contribution in [0.4, 0.5) is 5.13 Å². The van der Waals surface area contributed by atoms with Crippen LogP contribution in [0.1, 0.15) is 12.8 Å². The molecule has 0 aliphatic carbocycles. The molecule has 0 saturated carbocycles. The van der Waals surface area contributed by atoms with Crippen molar-refractivity contribution < 1.29 is 13.2 Å². The third kappa shape index (κ3) is 2.57. The zero-order valence-corrected chi connectivity index (χ0v) is 11.0. The summed E-state index contributed by atoms with van der Waals surface area (Å²) in [5, 5.41) is 7.27. The number of piperidine rings is 1. The maximum atomic E-state index is 12.1. The van der Waals surface area contributed by atoms with Crippen LogP contribution in [-0.2, 0) is 14.8 Å². The molecule has 0 aromatic carbocycles. The first kappa shape index (κ1) is 12.7. The van der Waals surface area contributed by atoms with Crippen molar-refractivity contribution in [3.8, 4) is 0 Å². The van der Waals surface area contributed by atoms with E-state index in [0.29, 0.717) is 25.9 Å². The van der Waals surface area contributed by atoms with Crippen LogP contribution < -0.4 is 5.73 Å². The van der Waals surface area contributed by atoms with E-state index in [1.807, 2.05) is 0 Å². The molecule has 9 heteroatoms. The van der Waals surface area contributed by atoms with Gasteiger partial charge in [0.25, 0.3) is 10.0 Å². The quantitative estimate of drug-likeness (QED) is 0.830. The number of ether oxygens (including phenoxy) is 1. The predicted molar refractivity (Wildman–Crippen MR) is 63.1 cm³/mol. The number of nitrogens with zero attached hydrogens (tertiary/aromatic N) is 3. The Balaban J connectivity index is 2.12. The number of sulfonamides is 1. The molecule has 2 heterocycles. The van der Waals surface area contributed by atoms with E-state index in [0.717, 1.165) is 11.3 Å². The first-order chi connectivity index (χ1) is 8.04. The summed E-state index contributed by atoms with van der Waals surface area (Å²) in [6.45, 7) is 0.890. The normalized spacial score (nSPS) is 19.6. The van der Waals surface area contributed by atoms with Crippen LogP contribution in [0.15, 0.2) is 4.34 Å². The molecule has 1 aliphatic rings. The largest absolute Gasteiger partial charge is 0.381 e. The summed E-state index contributed by atoms with van der Waals surface area (Å²) in [7, 11) is -1.89. The zero-order valence-electron chi connectivity index (χ0n) is 9.37. The van der Waals surface area contributed by atoms with E-state index in [1.165, 1.54) is 4.31 Å². The molecule has 0 bridgehead atoms. The van der Waals surface area contributed by atoms with Gasteiger partial charge in [-0.25, -0.2) is 8.42 Å². The monoisotopic (exact) mass is 278 g/mol. The summed E-state index contributed by atoms with van der Waals surface area (Å²) in [6, 6.07) is 0. The molecule has 2 rings (SSSR count). The summed E-state index contributed by atoms with van der Waals surface area (Å²) < 4.78 is 30.8. The second kappa shape index (κ2) is 4.84. The number of aromatic nitrogens is 2. The topological polar surface area (TPSA) is 98.4 Å². The van der Waals surface area contributed by atoms with Crippen molar-refractivity contribution in [1.82, 2.24) is 14.5 Å². The van der Waals surface area contributed by atoms with Crippen LogP contribution >= 0.6 is 11.3 Å². The Kier molecular flexibility index (Phi) is 3.61. The highest BCUT2D eigenvalue weighted by atomic mass is 32.2. The molecule has 0 unspecified atom stereocenters. The van der Waals surface area contributed by atoms with Gasteiger partial charge < -0.3 is 10.5 Å². The van der Waals surface area contributed by atoms with Gasteiger partial charge in [0.15, 0.2) is 0 Å². The second-order valence-electron chi connectivity index (χ2n) is 3.75. The first-order valence-corrected chi connectivity index (χ1v) is 7.41. The van der Waals surface area contributed by atoms with Crippen molar-refractivity contribution >= 4 is 26.5 Å². The van der Waals surface area contributed by atoms with E-state index in [4.69, 9.17) is 10.5 Å². The van der Waals surface area contributed by atoms with Crippen molar-refractivity contribution in [2.75, 3.05) is 25.9 Å². The number of anilines is 1. The molecule has 1 saturated heterocycles. The van der Waals surface area contributed by atoms with E-state index < -0.39 is 10.0 Å². The molecule has 1 aromatic heterocycles. The summed E-state index contributed by atoms with van der Waals surface area (Å²) in [6.07, 6.45) is 1.54. The molecular weight excluding hydrogens is 264 g/mol. The Hall–Kier alpha value is -0.770. The molecule has 1 aromatic rings. The number of methoxy groups -OCH3 is 1. The standard InChI is InChI=1S/C8H14N4O3S2/c1-15-6-2-4-12(5-3-6)17(13,14)8-11-10-7(9)16-8/h6H,2-5H2,1H3,(H2,9,10). The van der Waals surface area contributed by atoms with Gasteiger partial charge in [-0.05, 0) is 12.8 Å². The van der Waals surface area contributed by atoms with Gasteiger partial charge in [-0.15, -0.1) is 10.2 Å². The number of hydrogen-bond donors (Lipinski definition) is 1. The molecule has 0 amide bonds. The van der Waals surface area contributed by atoms with Crippen molar-refractivity contribution in [2.45, 2.75) is 23.3 Å². The fourth-order valence-corrected chi connectivity index (χ4v) is 4.14. The van der Waals surface area contributed by atoms with Crippen LogP contribution in [0, 0.1) is 0 Å². The fraction of sp³-hybridized carbons (Fsp3) is 0.750. The molecule has 0 radical (unpaired) electrons.